The normalized spacial score (nSPS) is 25.1. The van der Waals surface area contributed by atoms with Gasteiger partial charge in [-0.2, -0.15) is 0 Å². The molecule has 2 aliphatic carbocycles. The maximum Gasteiger partial charge on any atom is 0.0585 e. The van der Waals surface area contributed by atoms with Crippen LogP contribution in [-0.4, -0.2) is 11.2 Å². The van der Waals surface area contributed by atoms with Gasteiger partial charge in [-0.3, -0.25) is 0 Å². The molecule has 0 aromatic rings. The molecule has 0 fully saturated rings. The van der Waals surface area contributed by atoms with Crippen LogP contribution in [0.2, 0.25) is 0 Å². The Balaban J connectivity index is 1.74. The summed E-state index contributed by atoms with van der Waals surface area (Å²) in [5.74, 6) is 1.92. The summed E-state index contributed by atoms with van der Waals surface area (Å²) in [6.45, 7) is 22.9. The molecule has 0 saturated carbocycles. The van der Waals surface area contributed by atoms with E-state index in [9.17, 15) is 5.11 Å². The molecule has 0 aliphatic heterocycles. The highest BCUT2D eigenvalue weighted by molar-refractivity contribution is 5.34. The van der Waals surface area contributed by atoms with Crippen LogP contribution >= 0.6 is 0 Å². The van der Waals surface area contributed by atoms with E-state index < -0.39 is 0 Å². The summed E-state index contributed by atoms with van der Waals surface area (Å²) in [5.41, 5.74) is 6.23. The Morgan fingerprint density at radius 1 is 0.707 bits per heavy atom. The fourth-order valence-electron chi connectivity index (χ4n) is 6.49. The number of aliphatic hydroxyl groups is 1. The zero-order valence-electron chi connectivity index (χ0n) is 28.2. The van der Waals surface area contributed by atoms with Crippen LogP contribution in [0.25, 0.3) is 0 Å². The monoisotopic (exact) mass is 558 g/mol. The van der Waals surface area contributed by atoms with Crippen LogP contribution in [-0.2, 0) is 0 Å². The smallest absolute Gasteiger partial charge is 0.0585 e. The molecule has 0 radical (unpaired) electrons. The lowest BCUT2D eigenvalue weighted by atomic mass is 9.71. The molecule has 0 aromatic heterocycles. The van der Waals surface area contributed by atoms with E-state index in [4.69, 9.17) is 0 Å². The fraction of sp³-hybridized carbons (Fsp3) is 0.600. The Morgan fingerprint density at radius 2 is 1.24 bits per heavy atom. The highest BCUT2D eigenvalue weighted by Gasteiger charge is 2.31. The van der Waals surface area contributed by atoms with Gasteiger partial charge in [-0.25, -0.2) is 0 Å². The summed E-state index contributed by atoms with van der Waals surface area (Å²) in [6.07, 6.45) is 35.2. The second-order valence-electron chi connectivity index (χ2n) is 14.6. The number of rotatable bonds is 13. The average Bonchev–Trinajstić information content (AvgIpc) is 2.84. The topological polar surface area (TPSA) is 20.2 Å². The van der Waals surface area contributed by atoms with Crippen LogP contribution in [0.1, 0.15) is 114 Å². The third kappa shape index (κ3) is 12.3. The van der Waals surface area contributed by atoms with Gasteiger partial charge in [0.05, 0.1) is 6.10 Å². The molecule has 2 aliphatic rings. The molecular formula is C40H62O. The molecule has 1 heteroatoms. The van der Waals surface area contributed by atoms with Crippen LogP contribution in [0.5, 0.6) is 0 Å². The molecule has 0 spiro atoms. The van der Waals surface area contributed by atoms with Crippen molar-refractivity contribution in [3.05, 3.63) is 95.2 Å². The molecule has 0 amide bonds. The van der Waals surface area contributed by atoms with Gasteiger partial charge >= 0.3 is 0 Å². The first-order valence-corrected chi connectivity index (χ1v) is 16.3. The summed E-state index contributed by atoms with van der Waals surface area (Å²) in [4.78, 5) is 0. The summed E-state index contributed by atoms with van der Waals surface area (Å²) >= 11 is 0. The standard InChI is InChI=1S/C40H62O/c1-30(18-13-20-32(3)23-25-37-34(5)22-15-27-39(37,7)8)16-11-12-17-31(2)19-14-21-33(4)24-26-38-35(6)28-36(41)29-40(38,9)10/h11-14,16-18,21,23-26,30-33,36,41H,15,19-20,22,27-29H2,1-10H3/b16-11+,17-12+,18-13+,21-14+,25-23+,26-24+/t30?,31?,32?,33?,36-/m1/s1. The Hall–Kier alpha value is -2.12. The number of hydrogen-bond donors (Lipinski definition) is 1. The Labute approximate surface area is 254 Å². The van der Waals surface area contributed by atoms with Crippen LogP contribution in [0.15, 0.2) is 95.2 Å². The molecule has 0 heterocycles. The average molecular weight is 559 g/mol. The second kappa shape index (κ2) is 16.5. The maximum absolute atomic E-state index is 10.1. The fourth-order valence-corrected chi connectivity index (χ4v) is 6.49. The van der Waals surface area contributed by atoms with E-state index in [1.165, 1.54) is 30.4 Å². The molecule has 2 rings (SSSR count). The third-order valence-corrected chi connectivity index (χ3v) is 9.04. The van der Waals surface area contributed by atoms with Crippen molar-refractivity contribution >= 4 is 0 Å². The molecule has 4 unspecified atom stereocenters. The predicted octanol–water partition coefficient (Wildman–Crippen LogP) is 11.7. The maximum atomic E-state index is 10.1. The minimum atomic E-state index is -0.202. The van der Waals surface area contributed by atoms with Crippen LogP contribution in [0.4, 0.5) is 0 Å². The van der Waals surface area contributed by atoms with Gasteiger partial charge in [-0.05, 0) is 104 Å². The molecule has 5 atom stereocenters. The summed E-state index contributed by atoms with van der Waals surface area (Å²) in [5, 5.41) is 10.1. The van der Waals surface area contributed by atoms with Gasteiger partial charge in [0.15, 0.2) is 0 Å². The van der Waals surface area contributed by atoms with Crippen molar-refractivity contribution in [1.29, 1.82) is 0 Å². The molecule has 0 saturated heterocycles. The van der Waals surface area contributed by atoms with E-state index in [2.05, 4.69) is 142 Å². The first kappa shape index (κ1) is 35.1. The van der Waals surface area contributed by atoms with E-state index in [0.29, 0.717) is 29.1 Å². The molecule has 0 bridgehead atoms. The lowest BCUT2D eigenvalue weighted by Crippen LogP contribution is -2.28. The van der Waals surface area contributed by atoms with Crippen molar-refractivity contribution in [2.45, 2.75) is 120 Å². The van der Waals surface area contributed by atoms with Gasteiger partial charge in [0, 0.05) is 0 Å². The SMILES string of the molecule is CC1=C(/C=C/C(C)C/C=C/C(C)/C=C/C=C/C(C)C/C=C/C(C)/C=C/C2=C(C)C[C@@H](O)CC2(C)C)C(C)(C)CCC1. The summed E-state index contributed by atoms with van der Waals surface area (Å²) < 4.78 is 0. The van der Waals surface area contributed by atoms with Gasteiger partial charge in [-0.1, -0.05) is 139 Å². The Bertz CT molecular complexity index is 1060. The lowest BCUT2D eigenvalue weighted by molar-refractivity contribution is 0.116. The zero-order chi connectivity index (χ0) is 30.6. The summed E-state index contributed by atoms with van der Waals surface area (Å²) in [6, 6.07) is 0. The minimum absolute atomic E-state index is 0.0425. The first-order valence-electron chi connectivity index (χ1n) is 16.3. The number of allylic oxidation sites excluding steroid dienone is 15. The molecule has 41 heavy (non-hydrogen) atoms. The predicted molar refractivity (Wildman–Crippen MR) is 183 cm³/mol. The summed E-state index contributed by atoms with van der Waals surface area (Å²) in [7, 11) is 0. The minimum Gasteiger partial charge on any atom is -0.393 e. The highest BCUT2D eigenvalue weighted by atomic mass is 16.3. The molecule has 0 aromatic carbocycles. The van der Waals surface area contributed by atoms with Crippen LogP contribution in [0, 0.1) is 34.5 Å². The first-order chi connectivity index (χ1) is 19.2. The van der Waals surface area contributed by atoms with Crippen molar-refractivity contribution in [1.82, 2.24) is 0 Å². The van der Waals surface area contributed by atoms with E-state index in [-0.39, 0.29) is 11.5 Å². The number of hydrogen-bond acceptors (Lipinski definition) is 1. The van der Waals surface area contributed by atoms with Crippen LogP contribution < -0.4 is 0 Å². The Kier molecular flexibility index (Phi) is 14.1. The van der Waals surface area contributed by atoms with Gasteiger partial charge in [0.1, 0.15) is 0 Å². The molecule has 228 valence electrons. The molecule has 1 nitrogen and oxygen atoms in total. The van der Waals surface area contributed by atoms with Gasteiger partial charge < -0.3 is 5.11 Å². The van der Waals surface area contributed by atoms with Crippen molar-refractivity contribution in [2.75, 3.05) is 0 Å². The molecular weight excluding hydrogens is 496 g/mol. The van der Waals surface area contributed by atoms with Crippen molar-refractivity contribution in [3.8, 4) is 0 Å². The van der Waals surface area contributed by atoms with Gasteiger partial charge in [0.2, 0.25) is 0 Å². The van der Waals surface area contributed by atoms with E-state index >= 15 is 0 Å². The van der Waals surface area contributed by atoms with Gasteiger partial charge in [-0.15, -0.1) is 0 Å². The largest absolute Gasteiger partial charge is 0.393 e. The van der Waals surface area contributed by atoms with Gasteiger partial charge in [0.25, 0.3) is 0 Å². The van der Waals surface area contributed by atoms with E-state index in [1.807, 2.05) is 0 Å². The Morgan fingerprint density at radius 3 is 1.85 bits per heavy atom. The zero-order valence-corrected chi connectivity index (χ0v) is 28.2. The quantitative estimate of drug-likeness (QED) is 0.176. The third-order valence-electron chi connectivity index (χ3n) is 9.04. The molecule has 1 N–H and O–H groups in total. The van der Waals surface area contributed by atoms with E-state index in [0.717, 1.165) is 25.7 Å². The van der Waals surface area contributed by atoms with E-state index in [1.54, 1.807) is 11.1 Å². The second-order valence-corrected chi connectivity index (χ2v) is 14.6. The number of aliphatic hydroxyl groups excluding tert-OH is 1. The van der Waals surface area contributed by atoms with Crippen LogP contribution in [0.3, 0.4) is 0 Å². The highest BCUT2D eigenvalue weighted by Crippen LogP contribution is 2.42. The van der Waals surface area contributed by atoms with Crippen molar-refractivity contribution in [3.63, 3.8) is 0 Å². The van der Waals surface area contributed by atoms with Crippen molar-refractivity contribution in [2.24, 2.45) is 34.5 Å². The lowest BCUT2D eigenvalue weighted by Gasteiger charge is -2.35. The van der Waals surface area contributed by atoms with Crippen molar-refractivity contribution < 1.29 is 5.11 Å².